The second kappa shape index (κ2) is 5.55. The largest absolute Gasteiger partial charge is 0.310 e. The molecule has 0 radical (unpaired) electrons. The molecule has 0 aliphatic rings. The van der Waals surface area contributed by atoms with E-state index in [1.807, 2.05) is 34.3 Å². The number of hydrogen-bond donors (Lipinski definition) is 1. The molecule has 4 heteroatoms. The lowest BCUT2D eigenvalue weighted by Crippen LogP contribution is -2.27. The molecule has 0 saturated heterocycles. The van der Waals surface area contributed by atoms with Crippen molar-refractivity contribution in [1.82, 2.24) is 14.9 Å². The van der Waals surface area contributed by atoms with Crippen molar-refractivity contribution in [2.24, 2.45) is 0 Å². The van der Waals surface area contributed by atoms with Gasteiger partial charge in [-0.05, 0) is 36.9 Å². The molecule has 0 amide bonds. The van der Waals surface area contributed by atoms with E-state index < -0.39 is 0 Å². The van der Waals surface area contributed by atoms with Gasteiger partial charge in [-0.15, -0.1) is 11.3 Å². The molecule has 19 heavy (non-hydrogen) atoms. The van der Waals surface area contributed by atoms with Crippen LogP contribution in [0.3, 0.4) is 0 Å². The molecule has 3 rings (SSSR count). The molecule has 0 aliphatic heterocycles. The Hall–Kier alpha value is -1.65. The maximum absolute atomic E-state index is 4.35. The number of nitrogens with zero attached hydrogens (tertiary/aromatic N) is 2. The predicted octanol–water partition coefficient (Wildman–Crippen LogP) is 3.12. The van der Waals surface area contributed by atoms with Crippen molar-refractivity contribution >= 4 is 16.9 Å². The Morgan fingerprint density at radius 3 is 3.11 bits per heavy atom. The standard InChI is InChI=1S/C15H17N3S/c1-12(9-14-5-4-8-19-14)16-10-13-11-17-18-7-3-2-6-15(13)18/h2-8,11-12,16H,9-10H2,1H3. The molecule has 1 N–H and O–H groups in total. The summed E-state index contributed by atoms with van der Waals surface area (Å²) in [6.45, 7) is 3.09. The molecular formula is C15H17N3S. The van der Waals surface area contributed by atoms with E-state index in [1.54, 1.807) is 0 Å². The fraction of sp³-hybridized carbons (Fsp3) is 0.267. The normalized spacial score (nSPS) is 12.9. The van der Waals surface area contributed by atoms with E-state index in [0.29, 0.717) is 6.04 Å². The summed E-state index contributed by atoms with van der Waals surface area (Å²) in [7, 11) is 0. The highest BCUT2D eigenvalue weighted by Gasteiger charge is 2.07. The van der Waals surface area contributed by atoms with Crippen LogP contribution in [-0.2, 0) is 13.0 Å². The molecule has 0 saturated carbocycles. The van der Waals surface area contributed by atoms with Gasteiger partial charge >= 0.3 is 0 Å². The summed E-state index contributed by atoms with van der Waals surface area (Å²) < 4.78 is 1.92. The van der Waals surface area contributed by atoms with E-state index >= 15 is 0 Å². The van der Waals surface area contributed by atoms with Crippen LogP contribution in [0.5, 0.6) is 0 Å². The van der Waals surface area contributed by atoms with Crippen LogP contribution < -0.4 is 5.32 Å². The smallest absolute Gasteiger partial charge is 0.0706 e. The Balaban J connectivity index is 1.62. The lowest BCUT2D eigenvalue weighted by molar-refractivity contribution is 0.550. The van der Waals surface area contributed by atoms with E-state index in [4.69, 9.17) is 0 Å². The molecule has 3 aromatic rings. The van der Waals surface area contributed by atoms with Crippen LogP contribution in [0.15, 0.2) is 48.1 Å². The molecule has 0 bridgehead atoms. The molecular weight excluding hydrogens is 254 g/mol. The zero-order valence-corrected chi connectivity index (χ0v) is 11.7. The van der Waals surface area contributed by atoms with E-state index in [1.165, 1.54) is 16.0 Å². The summed E-state index contributed by atoms with van der Waals surface area (Å²) >= 11 is 1.82. The first-order valence-corrected chi connectivity index (χ1v) is 7.38. The average molecular weight is 271 g/mol. The molecule has 3 aromatic heterocycles. The number of thiophene rings is 1. The first-order valence-electron chi connectivity index (χ1n) is 6.50. The van der Waals surface area contributed by atoms with Crippen molar-refractivity contribution in [2.45, 2.75) is 25.9 Å². The Labute approximate surface area is 116 Å². The van der Waals surface area contributed by atoms with Gasteiger partial charge in [0.25, 0.3) is 0 Å². The first-order chi connectivity index (χ1) is 9.33. The van der Waals surface area contributed by atoms with Gasteiger partial charge in [-0.1, -0.05) is 12.1 Å². The van der Waals surface area contributed by atoms with Crippen LogP contribution in [0.1, 0.15) is 17.4 Å². The summed E-state index contributed by atoms with van der Waals surface area (Å²) in [4.78, 5) is 1.43. The number of aromatic nitrogens is 2. The third-order valence-corrected chi connectivity index (χ3v) is 4.13. The third-order valence-electron chi connectivity index (χ3n) is 3.23. The third kappa shape index (κ3) is 2.85. The zero-order valence-electron chi connectivity index (χ0n) is 10.9. The molecule has 98 valence electrons. The Bertz CT molecular complexity index is 642. The van der Waals surface area contributed by atoms with Crippen molar-refractivity contribution in [3.05, 3.63) is 58.5 Å². The second-order valence-electron chi connectivity index (χ2n) is 4.77. The second-order valence-corrected chi connectivity index (χ2v) is 5.80. The monoisotopic (exact) mass is 271 g/mol. The summed E-state index contributed by atoms with van der Waals surface area (Å²) in [5.41, 5.74) is 2.43. The molecule has 0 aliphatic carbocycles. The van der Waals surface area contributed by atoms with Crippen LogP contribution in [0.4, 0.5) is 0 Å². The minimum Gasteiger partial charge on any atom is -0.310 e. The van der Waals surface area contributed by atoms with E-state index in [-0.39, 0.29) is 0 Å². The van der Waals surface area contributed by atoms with Gasteiger partial charge in [0.2, 0.25) is 0 Å². The SMILES string of the molecule is CC(Cc1cccs1)NCc1cnn2ccccc12. The van der Waals surface area contributed by atoms with Crippen molar-refractivity contribution < 1.29 is 0 Å². The predicted molar refractivity (Wildman–Crippen MR) is 79.5 cm³/mol. The zero-order chi connectivity index (χ0) is 13.1. The molecule has 1 atom stereocenters. The highest BCUT2D eigenvalue weighted by Crippen LogP contribution is 2.13. The minimum atomic E-state index is 0.470. The van der Waals surface area contributed by atoms with Gasteiger partial charge in [-0.3, -0.25) is 0 Å². The van der Waals surface area contributed by atoms with Crippen molar-refractivity contribution in [3.8, 4) is 0 Å². The van der Waals surface area contributed by atoms with Crippen LogP contribution in [0.2, 0.25) is 0 Å². The number of fused-ring (bicyclic) bond motifs is 1. The van der Waals surface area contributed by atoms with E-state index in [0.717, 1.165) is 13.0 Å². The summed E-state index contributed by atoms with van der Waals surface area (Å²) in [5.74, 6) is 0. The average Bonchev–Trinajstić information content (AvgIpc) is 3.05. The van der Waals surface area contributed by atoms with Gasteiger partial charge in [0.1, 0.15) is 0 Å². The molecule has 3 nitrogen and oxygen atoms in total. The van der Waals surface area contributed by atoms with Gasteiger partial charge in [0.05, 0.1) is 11.7 Å². The van der Waals surface area contributed by atoms with Crippen LogP contribution in [0.25, 0.3) is 5.52 Å². The van der Waals surface area contributed by atoms with Gasteiger partial charge in [-0.2, -0.15) is 5.10 Å². The fourth-order valence-electron chi connectivity index (χ4n) is 2.21. The van der Waals surface area contributed by atoms with Gasteiger partial charge in [0.15, 0.2) is 0 Å². The summed E-state index contributed by atoms with van der Waals surface area (Å²) in [6, 6.07) is 10.9. The number of nitrogens with one attached hydrogen (secondary N) is 1. The highest BCUT2D eigenvalue weighted by molar-refractivity contribution is 7.09. The van der Waals surface area contributed by atoms with Crippen LogP contribution in [-0.4, -0.2) is 15.7 Å². The number of rotatable bonds is 5. The highest BCUT2D eigenvalue weighted by atomic mass is 32.1. The Morgan fingerprint density at radius 1 is 1.32 bits per heavy atom. The van der Waals surface area contributed by atoms with Crippen LogP contribution >= 0.6 is 11.3 Å². The maximum Gasteiger partial charge on any atom is 0.0706 e. The lowest BCUT2D eigenvalue weighted by Gasteiger charge is -2.12. The topological polar surface area (TPSA) is 29.3 Å². The quantitative estimate of drug-likeness (QED) is 0.772. The fourth-order valence-corrected chi connectivity index (χ4v) is 3.05. The van der Waals surface area contributed by atoms with Gasteiger partial charge in [-0.25, -0.2) is 4.52 Å². The molecule has 3 heterocycles. The van der Waals surface area contributed by atoms with E-state index in [9.17, 15) is 0 Å². The van der Waals surface area contributed by atoms with Gasteiger partial charge < -0.3 is 5.32 Å². The molecule has 0 aromatic carbocycles. The molecule has 1 unspecified atom stereocenters. The summed E-state index contributed by atoms with van der Waals surface area (Å²) in [6.07, 6.45) is 5.00. The Kier molecular flexibility index (Phi) is 3.62. The van der Waals surface area contributed by atoms with Crippen molar-refractivity contribution in [2.75, 3.05) is 0 Å². The number of pyridine rings is 1. The molecule has 0 fully saturated rings. The van der Waals surface area contributed by atoms with Crippen molar-refractivity contribution in [1.29, 1.82) is 0 Å². The molecule has 0 spiro atoms. The first kappa shape index (κ1) is 12.4. The Morgan fingerprint density at radius 2 is 2.26 bits per heavy atom. The number of hydrogen-bond acceptors (Lipinski definition) is 3. The lowest BCUT2D eigenvalue weighted by atomic mass is 10.2. The van der Waals surface area contributed by atoms with Crippen molar-refractivity contribution in [3.63, 3.8) is 0 Å². The van der Waals surface area contributed by atoms with Gasteiger partial charge in [0, 0.05) is 29.2 Å². The maximum atomic E-state index is 4.35. The van der Waals surface area contributed by atoms with Crippen LogP contribution in [0, 0.1) is 0 Å². The minimum absolute atomic E-state index is 0.470. The van der Waals surface area contributed by atoms with E-state index in [2.05, 4.69) is 47.0 Å². The summed E-state index contributed by atoms with van der Waals surface area (Å²) in [5, 5.41) is 10.1.